The monoisotopic (exact) mass is 136 g/mol. The lowest BCUT2D eigenvalue weighted by Crippen LogP contribution is -2.33. The first-order valence-electron chi connectivity index (χ1n) is 3.15. The fraction of sp³-hybridized carbons (Fsp3) is 0.250. The first kappa shape index (κ1) is 7.06. The van der Waals surface area contributed by atoms with E-state index in [1.807, 2.05) is 18.2 Å². The van der Waals surface area contributed by atoms with Crippen molar-refractivity contribution < 1.29 is 4.79 Å². The third-order valence-corrected chi connectivity index (χ3v) is 1.64. The zero-order valence-corrected chi connectivity index (χ0v) is 5.87. The van der Waals surface area contributed by atoms with Gasteiger partial charge in [-0.1, -0.05) is 24.3 Å². The molecule has 1 aliphatic rings. The molecule has 0 saturated carbocycles. The molecule has 0 heterocycles. The summed E-state index contributed by atoms with van der Waals surface area (Å²) in [7, 11) is 0. The minimum atomic E-state index is -0.575. The van der Waals surface area contributed by atoms with E-state index in [0.717, 1.165) is 0 Å². The molecule has 0 fully saturated rings. The molecular weight excluding hydrogens is 126 g/mol. The second-order valence-electron chi connectivity index (χ2n) is 2.56. The van der Waals surface area contributed by atoms with Crippen molar-refractivity contribution in [3.05, 3.63) is 30.7 Å². The molecule has 0 aromatic carbocycles. The van der Waals surface area contributed by atoms with Gasteiger partial charge in [-0.15, -0.1) is 0 Å². The third-order valence-electron chi connectivity index (χ3n) is 1.64. The van der Waals surface area contributed by atoms with E-state index in [1.54, 1.807) is 19.4 Å². The van der Waals surface area contributed by atoms with Gasteiger partial charge in [-0.25, -0.2) is 0 Å². The van der Waals surface area contributed by atoms with E-state index in [-0.39, 0.29) is 5.91 Å². The number of hydrogen-bond acceptors (Lipinski definition) is 1. The van der Waals surface area contributed by atoms with Crippen LogP contribution in [-0.2, 0) is 4.79 Å². The number of carbonyl (C=O) groups is 1. The summed E-state index contributed by atoms with van der Waals surface area (Å²) in [5.41, 5.74) is 4.57. The van der Waals surface area contributed by atoms with Gasteiger partial charge in [-0.2, -0.15) is 0 Å². The molecule has 1 unspecified atom stereocenters. The van der Waals surface area contributed by atoms with Crippen molar-refractivity contribution >= 4 is 5.91 Å². The van der Waals surface area contributed by atoms with Gasteiger partial charge in [0.1, 0.15) is 0 Å². The van der Waals surface area contributed by atoms with Crippen LogP contribution in [0.15, 0.2) is 24.3 Å². The molecule has 2 heteroatoms. The Kier molecular flexibility index (Phi) is 1.62. The predicted molar refractivity (Wildman–Crippen MR) is 39.9 cm³/mol. The lowest BCUT2D eigenvalue weighted by molar-refractivity contribution is -0.123. The zero-order valence-electron chi connectivity index (χ0n) is 5.87. The zero-order chi connectivity index (χ0) is 7.61. The maximum absolute atomic E-state index is 10.8. The van der Waals surface area contributed by atoms with Crippen LogP contribution in [0.3, 0.4) is 0 Å². The van der Waals surface area contributed by atoms with Gasteiger partial charge in [0, 0.05) is 6.42 Å². The van der Waals surface area contributed by atoms with Crippen LogP contribution < -0.4 is 5.73 Å². The number of rotatable bonds is 1. The lowest BCUT2D eigenvalue weighted by Gasteiger charge is -2.21. The molecule has 53 valence electrons. The Balaban J connectivity index is 2.80. The molecule has 0 aliphatic heterocycles. The highest BCUT2D eigenvalue weighted by Gasteiger charge is 2.27. The molecule has 1 atom stereocenters. The van der Waals surface area contributed by atoms with Crippen molar-refractivity contribution in [2.24, 2.45) is 11.1 Å². The minimum absolute atomic E-state index is 0.312. The molecular formula is C8H10NO. The average Bonchev–Trinajstić information content (AvgIpc) is 1.89. The molecule has 0 saturated heterocycles. The number of hydrogen-bond donors (Lipinski definition) is 1. The first-order chi connectivity index (χ1) is 4.65. The van der Waals surface area contributed by atoms with Crippen molar-refractivity contribution in [1.29, 1.82) is 0 Å². The van der Waals surface area contributed by atoms with Crippen molar-refractivity contribution in [3.63, 3.8) is 0 Å². The Morgan fingerprint density at radius 1 is 1.40 bits per heavy atom. The molecule has 0 aromatic heterocycles. The van der Waals surface area contributed by atoms with E-state index in [2.05, 4.69) is 0 Å². The largest absolute Gasteiger partial charge is 0.369 e. The van der Waals surface area contributed by atoms with Gasteiger partial charge in [0.2, 0.25) is 5.91 Å². The molecule has 2 N–H and O–H groups in total. The van der Waals surface area contributed by atoms with E-state index in [1.165, 1.54) is 0 Å². The number of allylic oxidation sites excluding steroid dienone is 3. The molecule has 10 heavy (non-hydrogen) atoms. The molecule has 0 spiro atoms. The smallest absolute Gasteiger partial charge is 0.227 e. The third kappa shape index (κ3) is 1.10. The van der Waals surface area contributed by atoms with Crippen molar-refractivity contribution in [3.8, 4) is 0 Å². The molecule has 1 aliphatic carbocycles. The Labute approximate surface area is 60.4 Å². The van der Waals surface area contributed by atoms with E-state index in [4.69, 9.17) is 5.73 Å². The first-order valence-corrected chi connectivity index (χ1v) is 3.15. The van der Waals surface area contributed by atoms with E-state index in [9.17, 15) is 4.79 Å². The van der Waals surface area contributed by atoms with Crippen molar-refractivity contribution in [1.82, 2.24) is 0 Å². The highest BCUT2D eigenvalue weighted by atomic mass is 16.1. The van der Waals surface area contributed by atoms with Gasteiger partial charge in [0.25, 0.3) is 0 Å². The van der Waals surface area contributed by atoms with Gasteiger partial charge in [0.05, 0.1) is 5.41 Å². The Morgan fingerprint density at radius 3 is 2.40 bits per heavy atom. The summed E-state index contributed by atoms with van der Waals surface area (Å²) in [5.74, 6) is -0.312. The summed E-state index contributed by atoms with van der Waals surface area (Å²) in [5, 5.41) is 0. The van der Waals surface area contributed by atoms with Gasteiger partial charge < -0.3 is 5.73 Å². The van der Waals surface area contributed by atoms with E-state index < -0.39 is 5.41 Å². The second-order valence-corrected chi connectivity index (χ2v) is 2.56. The number of amides is 1. The highest BCUT2D eigenvalue weighted by Crippen LogP contribution is 2.24. The highest BCUT2D eigenvalue weighted by molar-refractivity contribution is 5.84. The number of primary amides is 1. The lowest BCUT2D eigenvalue weighted by atomic mass is 9.83. The van der Waals surface area contributed by atoms with Crippen molar-refractivity contribution in [2.45, 2.75) is 6.92 Å². The number of carbonyl (C=O) groups excluding carboxylic acids is 1. The summed E-state index contributed by atoms with van der Waals surface area (Å²) in [6, 6.07) is 0. The molecule has 0 aromatic rings. The fourth-order valence-electron chi connectivity index (χ4n) is 0.795. The van der Waals surface area contributed by atoms with Gasteiger partial charge >= 0.3 is 0 Å². The standard InChI is InChI=1S/C8H10NO/c1-8(7(9)10)5-3-2-4-6-8/h2-6H,1H3,(H2,9,10). The van der Waals surface area contributed by atoms with Gasteiger partial charge in [-0.05, 0) is 6.92 Å². The van der Waals surface area contributed by atoms with Crippen LogP contribution in [0.4, 0.5) is 0 Å². The fourth-order valence-corrected chi connectivity index (χ4v) is 0.795. The molecule has 2 nitrogen and oxygen atoms in total. The molecule has 1 rings (SSSR count). The number of nitrogens with two attached hydrogens (primary N) is 1. The molecule has 1 radical (unpaired) electrons. The summed E-state index contributed by atoms with van der Waals surface area (Å²) in [6.45, 7) is 1.79. The summed E-state index contributed by atoms with van der Waals surface area (Å²) in [4.78, 5) is 10.8. The normalized spacial score (nSPS) is 30.5. The summed E-state index contributed by atoms with van der Waals surface area (Å²) >= 11 is 0. The molecule has 1 amide bonds. The summed E-state index contributed by atoms with van der Waals surface area (Å²) < 4.78 is 0. The quantitative estimate of drug-likeness (QED) is 0.569. The Morgan fingerprint density at radius 2 is 2.10 bits per heavy atom. The maximum Gasteiger partial charge on any atom is 0.227 e. The van der Waals surface area contributed by atoms with Crippen molar-refractivity contribution in [2.75, 3.05) is 0 Å². The van der Waals surface area contributed by atoms with Crippen LogP contribution in [-0.4, -0.2) is 5.91 Å². The van der Waals surface area contributed by atoms with Gasteiger partial charge in [0.15, 0.2) is 0 Å². The van der Waals surface area contributed by atoms with Crippen LogP contribution in [0.1, 0.15) is 6.92 Å². The average molecular weight is 136 g/mol. The SMILES string of the molecule is CC1(C(N)=O)[CH]C=CC=C1. The minimum Gasteiger partial charge on any atom is -0.369 e. The topological polar surface area (TPSA) is 43.1 Å². The van der Waals surface area contributed by atoms with Crippen LogP contribution in [0, 0.1) is 11.8 Å². The van der Waals surface area contributed by atoms with Crippen LogP contribution in [0.25, 0.3) is 0 Å². The summed E-state index contributed by atoms with van der Waals surface area (Å²) in [6.07, 6.45) is 9.09. The van der Waals surface area contributed by atoms with E-state index in [0.29, 0.717) is 0 Å². The van der Waals surface area contributed by atoms with Crippen LogP contribution in [0.5, 0.6) is 0 Å². The van der Waals surface area contributed by atoms with E-state index >= 15 is 0 Å². The van der Waals surface area contributed by atoms with Crippen LogP contribution >= 0.6 is 0 Å². The van der Waals surface area contributed by atoms with Gasteiger partial charge in [-0.3, -0.25) is 4.79 Å². The Bertz CT molecular complexity index is 205. The predicted octanol–water partition coefficient (Wildman–Crippen LogP) is 0.808. The molecule has 0 bridgehead atoms. The van der Waals surface area contributed by atoms with Crippen LogP contribution in [0.2, 0.25) is 0 Å². The second kappa shape index (κ2) is 2.29. The maximum atomic E-state index is 10.8. The Hall–Kier alpha value is -1.05.